The zero-order valence-electron chi connectivity index (χ0n) is 16.3. The molecule has 0 bridgehead atoms. The number of amides is 1. The first kappa shape index (κ1) is 20.3. The van der Waals surface area contributed by atoms with Gasteiger partial charge in [0.2, 0.25) is 0 Å². The molecular formula is C19H19N3O6S. The van der Waals surface area contributed by atoms with E-state index in [-0.39, 0.29) is 22.0 Å². The molecule has 0 atom stereocenters. The number of anilines is 1. The molecule has 1 N–H and O–H groups in total. The van der Waals surface area contributed by atoms with Gasteiger partial charge in [0.15, 0.2) is 18.0 Å². The van der Waals surface area contributed by atoms with E-state index in [1.165, 1.54) is 14.2 Å². The van der Waals surface area contributed by atoms with Gasteiger partial charge in [0.05, 0.1) is 25.5 Å². The Balaban J connectivity index is 1.79. The Morgan fingerprint density at radius 2 is 1.90 bits per heavy atom. The molecule has 10 heteroatoms. The van der Waals surface area contributed by atoms with Gasteiger partial charge in [0, 0.05) is 12.4 Å². The van der Waals surface area contributed by atoms with Crippen LogP contribution in [0.1, 0.15) is 31.3 Å². The summed E-state index contributed by atoms with van der Waals surface area (Å²) in [5.41, 5.74) is 1.89. The molecule has 3 rings (SSSR count). The van der Waals surface area contributed by atoms with Crippen LogP contribution in [0.3, 0.4) is 0 Å². The van der Waals surface area contributed by atoms with Crippen molar-refractivity contribution >= 4 is 39.8 Å². The summed E-state index contributed by atoms with van der Waals surface area (Å²) in [6, 6.07) is 3.49. The molecule has 3 heterocycles. The molecule has 0 spiro atoms. The van der Waals surface area contributed by atoms with Gasteiger partial charge in [-0.1, -0.05) is 0 Å². The number of hydrogen-bond acceptors (Lipinski definition) is 8. The molecular weight excluding hydrogens is 398 g/mol. The van der Waals surface area contributed by atoms with Crippen molar-refractivity contribution in [3.05, 3.63) is 46.2 Å². The van der Waals surface area contributed by atoms with Crippen LogP contribution in [-0.4, -0.2) is 48.1 Å². The number of thiophene rings is 1. The predicted molar refractivity (Wildman–Crippen MR) is 106 cm³/mol. The second-order valence-corrected chi connectivity index (χ2v) is 7.09. The number of carbonyl (C=O) groups is 3. The highest BCUT2D eigenvalue weighted by Crippen LogP contribution is 2.34. The lowest BCUT2D eigenvalue weighted by atomic mass is 10.1. The van der Waals surface area contributed by atoms with E-state index < -0.39 is 17.8 Å². The van der Waals surface area contributed by atoms with Crippen LogP contribution in [0.4, 0.5) is 5.00 Å². The summed E-state index contributed by atoms with van der Waals surface area (Å²) in [5.74, 6) is -1.32. The molecule has 0 aliphatic carbocycles. The third-order valence-electron chi connectivity index (χ3n) is 4.09. The molecule has 0 saturated carbocycles. The fraction of sp³-hybridized carbons (Fsp3) is 0.263. The summed E-state index contributed by atoms with van der Waals surface area (Å²) in [6.07, 6.45) is 3.67. The van der Waals surface area contributed by atoms with Gasteiger partial charge in [0.25, 0.3) is 5.91 Å². The van der Waals surface area contributed by atoms with Crippen molar-refractivity contribution in [3.63, 3.8) is 0 Å². The largest absolute Gasteiger partial charge is 0.480 e. The maximum Gasteiger partial charge on any atom is 0.348 e. The number of methoxy groups -OCH3 is 2. The summed E-state index contributed by atoms with van der Waals surface area (Å²) in [6.45, 7) is 3.13. The average molecular weight is 417 g/mol. The number of hydrogen-bond donors (Lipinski definition) is 1. The van der Waals surface area contributed by atoms with E-state index in [4.69, 9.17) is 14.2 Å². The zero-order chi connectivity index (χ0) is 21.1. The third kappa shape index (κ3) is 4.06. The number of fused-ring (bicyclic) bond motifs is 1. The van der Waals surface area contributed by atoms with Crippen LogP contribution in [0.5, 0.6) is 5.75 Å². The Bertz CT molecular complexity index is 1100. The number of nitrogens with zero attached hydrogens (tertiary/aromatic N) is 2. The highest BCUT2D eigenvalue weighted by atomic mass is 32.1. The maximum atomic E-state index is 12.4. The number of aromatic nitrogens is 2. The quantitative estimate of drug-likeness (QED) is 0.614. The van der Waals surface area contributed by atoms with Crippen molar-refractivity contribution in [1.82, 2.24) is 9.38 Å². The molecule has 0 unspecified atom stereocenters. The van der Waals surface area contributed by atoms with Crippen LogP contribution in [0.25, 0.3) is 5.65 Å². The normalized spacial score (nSPS) is 10.6. The zero-order valence-corrected chi connectivity index (χ0v) is 17.1. The van der Waals surface area contributed by atoms with E-state index in [0.29, 0.717) is 17.0 Å². The van der Waals surface area contributed by atoms with E-state index in [0.717, 1.165) is 17.0 Å². The van der Waals surface area contributed by atoms with E-state index >= 15 is 0 Å². The summed E-state index contributed by atoms with van der Waals surface area (Å²) in [5, 5.41) is 2.80. The minimum atomic E-state index is -0.664. The van der Waals surface area contributed by atoms with Gasteiger partial charge in [-0.15, -0.1) is 11.3 Å². The van der Waals surface area contributed by atoms with Crippen LogP contribution in [0, 0.1) is 13.8 Å². The van der Waals surface area contributed by atoms with E-state index in [1.54, 1.807) is 23.5 Å². The highest BCUT2D eigenvalue weighted by molar-refractivity contribution is 7.18. The molecule has 3 aromatic rings. The molecule has 0 radical (unpaired) electrons. The van der Waals surface area contributed by atoms with Gasteiger partial charge in [-0.25, -0.2) is 14.6 Å². The minimum Gasteiger partial charge on any atom is -0.480 e. The molecule has 9 nitrogen and oxygen atoms in total. The van der Waals surface area contributed by atoms with Gasteiger partial charge in [-0.05, 0) is 31.5 Å². The predicted octanol–water partition coefficient (Wildman–Crippen LogP) is 2.60. The Hall–Kier alpha value is -3.40. The van der Waals surface area contributed by atoms with Gasteiger partial charge < -0.3 is 23.9 Å². The maximum absolute atomic E-state index is 12.4. The first-order chi connectivity index (χ1) is 13.8. The topological polar surface area (TPSA) is 108 Å². The molecule has 29 heavy (non-hydrogen) atoms. The Morgan fingerprint density at radius 1 is 1.17 bits per heavy atom. The standard InChI is InChI=1S/C19H19N3O6S/c1-10-8-22-7-5-6-12(16(22)20-10)28-9-13(23)21-17-14(18(24)26-3)11(2)15(29-17)19(25)27-4/h5-8H,9H2,1-4H3,(H,21,23). The molecule has 0 saturated heterocycles. The van der Waals surface area contributed by atoms with Crippen molar-refractivity contribution < 1.29 is 28.6 Å². The van der Waals surface area contributed by atoms with Gasteiger partial charge >= 0.3 is 11.9 Å². The summed E-state index contributed by atoms with van der Waals surface area (Å²) in [7, 11) is 2.46. The van der Waals surface area contributed by atoms with Gasteiger partial charge in [-0.3, -0.25) is 4.79 Å². The van der Waals surface area contributed by atoms with Crippen LogP contribution >= 0.6 is 11.3 Å². The van der Waals surface area contributed by atoms with Crippen LogP contribution in [0.15, 0.2) is 24.5 Å². The number of pyridine rings is 1. The van der Waals surface area contributed by atoms with Crippen molar-refractivity contribution in [2.45, 2.75) is 13.8 Å². The van der Waals surface area contributed by atoms with Crippen LogP contribution in [-0.2, 0) is 14.3 Å². The highest BCUT2D eigenvalue weighted by Gasteiger charge is 2.26. The molecule has 152 valence electrons. The molecule has 1 amide bonds. The third-order valence-corrected chi connectivity index (χ3v) is 5.27. The number of carbonyl (C=O) groups excluding carboxylic acids is 3. The van der Waals surface area contributed by atoms with Crippen molar-refractivity contribution in [1.29, 1.82) is 0 Å². The Kier molecular flexibility index (Phi) is 5.83. The van der Waals surface area contributed by atoms with E-state index in [9.17, 15) is 14.4 Å². The fourth-order valence-corrected chi connectivity index (χ4v) is 3.89. The van der Waals surface area contributed by atoms with Crippen molar-refractivity contribution in [3.8, 4) is 5.75 Å². The monoisotopic (exact) mass is 417 g/mol. The lowest BCUT2D eigenvalue weighted by Crippen LogP contribution is -2.21. The smallest absolute Gasteiger partial charge is 0.348 e. The number of nitrogens with one attached hydrogen (secondary N) is 1. The van der Waals surface area contributed by atoms with E-state index in [2.05, 4.69) is 10.3 Å². The number of rotatable bonds is 6. The van der Waals surface area contributed by atoms with E-state index in [1.807, 2.05) is 19.3 Å². The first-order valence-corrected chi connectivity index (χ1v) is 9.34. The lowest BCUT2D eigenvalue weighted by Gasteiger charge is -2.08. The number of esters is 2. The fourth-order valence-electron chi connectivity index (χ4n) is 2.77. The minimum absolute atomic E-state index is 0.109. The number of imidazole rings is 1. The molecule has 0 fully saturated rings. The van der Waals surface area contributed by atoms with Crippen LogP contribution < -0.4 is 10.1 Å². The molecule has 3 aromatic heterocycles. The van der Waals surface area contributed by atoms with Crippen LogP contribution in [0.2, 0.25) is 0 Å². The summed E-state index contributed by atoms with van der Waals surface area (Å²) >= 11 is 0.939. The lowest BCUT2D eigenvalue weighted by molar-refractivity contribution is -0.118. The first-order valence-electron chi connectivity index (χ1n) is 8.52. The second kappa shape index (κ2) is 8.31. The average Bonchev–Trinajstić information content (AvgIpc) is 3.24. The molecule has 0 aliphatic rings. The Labute approximate surface area is 170 Å². The van der Waals surface area contributed by atoms with Gasteiger partial charge in [0.1, 0.15) is 9.88 Å². The summed E-state index contributed by atoms with van der Waals surface area (Å²) < 4.78 is 16.9. The number of aryl methyl sites for hydroxylation is 1. The number of ether oxygens (including phenoxy) is 3. The van der Waals surface area contributed by atoms with Gasteiger partial charge in [-0.2, -0.15) is 0 Å². The summed E-state index contributed by atoms with van der Waals surface area (Å²) in [4.78, 5) is 41.0. The second-order valence-electron chi connectivity index (χ2n) is 6.07. The van der Waals surface area contributed by atoms with Crippen molar-refractivity contribution in [2.75, 3.05) is 26.1 Å². The van der Waals surface area contributed by atoms with Crippen molar-refractivity contribution in [2.24, 2.45) is 0 Å². The molecule has 0 aliphatic heterocycles. The molecule has 0 aromatic carbocycles. The Morgan fingerprint density at radius 3 is 2.59 bits per heavy atom. The SMILES string of the molecule is COC(=O)c1sc(NC(=O)COc2cccn3cc(C)nc23)c(C(=O)OC)c1C.